The van der Waals surface area contributed by atoms with Gasteiger partial charge in [-0.3, -0.25) is 0 Å². The molecule has 22 heavy (non-hydrogen) atoms. The molecule has 0 aliphatic carbocycles. The van der Waals surface area contributed by atoms with Gasteiger partial charge in [0.1, 0.15) is 11.5 Å². The molecule has 1 fully saturated rings. The van der Waals surface area contributed by atoms with Crippen molar-refractivity contribution in [3.8, 4) is 11.5 Å². The van der Waals surface area contributed by atoms with Crippen LogP contribution in [0.25, 0.3) is 0 Å². The predicted molar refractivity (Wildman–Crippen MR) is 84.9 cm³/mol. The zero-order chi connectivity index (χ0) is 16.6. The van der Waals surface area contributed by atoms with Crippen LogP contribution in [0.3, 0.4) is 0 Å². The van der Waals surface area contributed by atoms with Gasteiger partial charge in [-0.2, -0.15) is 0 Å². The third kappa shape index (κ3) is 17.2. The highest BCUT2D eigenvalue weighted by Gasteiger charge is 1.94. The molecule has 2 aromatic rings. The van der Waals surface area contributed by atoms with Crippen LogP contribution >= 0.6 is 0 Å². The van der Waals surface area contributed by atoms with Crippen LogP contribution in [0.5, 0.6) is 11.5 Å². The second-order valence-electron chi connectivity index (χ2n) is 3.83. The summed E-state index contributed by atoms with van der Waals surface area (Å²) < 4.78 is 4.50. The quantitative estimate of drug-likeness (QED) is 0.556. The number of carboxylic acids is 1. The van der Waals surface area contributed by atoms with Gasteiger partial charge in [-0.1, -0.05) is 43.0 Å². The molecule has 0 aromatic heterocycles. The number of aliphatic carboxylic acids is 1. The van der Waals surface area contributed by atoms with Crippen LogP contribution in [0.4, 0.5) is 0 Å². The first-order valence-electron chi connectivity index (χ1n) is 6.47. The van der Waals surface area contributed by atoms with Crippen molar-refractivity contribution in [2.75, 3.05) is 13.2 Å². The molecule has 3 rings (SSSR count). The molecule has 1 aliphatic rings. The van der Waals surface area contributed by atoms with E-state index in [0.29, 0.717) is 11.5 Å². The Hall–Kier alpha value is -2.79. The molecule has 0 spiro atoms. The SMILES string of the molecule is C1CO1.C=CC(=O)O.Oc1ccccc1.Oc1ccccc1. The van der Waals surface area contributed by atoms with Crippen molar-refractivity contribution in [1.82, 2.24) is 0 Å². The Morgan fingerprint density at radius 1 is 0.909 bits per heavy atom. The highest BCUT2D eigenvalue weighted by molar-refractivity contribution is 5.78. The topological polar surface area (TPSA) is 90.3 Å². The van der Waals surface area contributed by atoms with Crippen molar-refractivity contribution in [3.63, 3.8) is 0 Å². The fourth-order valence-corrected chi connectivity index (χ4v) is 0.856. The summed E-state index contributed by atoms with van der Waals surface area (Å²) in [5.41, 5.74) is 0. The Morgan fingerprint density at radius 2 is 1.18 bits per heavy atom. The zero-order valence-corrected chi connectivity index (χ0v) is 12.1. The van der Waals surface area contributed by atoms with E-state index in [-0.39, 0.29) is 0 Å². The minimum atomic E-state index is -0.981. The van der Waals surface area contributed by atoms with Gasteiger partial charge in [0.25, 0.3) is 0 Å². The number of aromatic hydroxyl groups is 2. The Labute approximate surface area is 129 Å². The van der Waals surface area contributed by atoms with Gasteiger partial charge in [0.05, 0.1) is 13.2 Å². The standard InChI is InChI=1S/2C6H6O.C3H4O2.C2H4O/c2*7-6-4-2-1-3-5-6;1-2-3(4)5;1-2-3-1/h2*1-5,7H;2H,1H2,(H,4,5);1-2H2. The number of benzene rings is 2. The maximum atomic E-state index is 9.25. The van der Waals surface area contributed by atoms with Crippen molar-refractivity contribution < 1.29 is 24.9 Å². The van der Waals surface area contributed by atoms with Crippen LogP contribution in [0.2, 0.25) is 0 Å². The number of epoxide rings is 1. The van der Waals surface area contributed by atoms with Gasteiger partial charge in [0.2, 0.25) is 0 Å². The lowest BCUT2D eigenvalue weighted by atomic mass is 10.3. The monoisotopic (exact) mass is 304 g/mol. The second kappa shape index (κ2) is 13.2. The summed E-state index contributed by atoms with van der Waals surface area (Å²) in [7, 11) is 0. The second-order valence-corrected chi connectivity index (χ2v) is 3.83. The van der Waals surface area contributed by atoms with Gasteiger partial charge in [-0.15, -0.1) is 0 Å². The van der Waals surface area contributed by atoms with Crippen LogP contribution in [-0.2, 0) is 9.53 Å². The summed E-state index contributed by atoms with van der Waals surface area (Å²) >= 11 is 0. The minimum absolute atomic E-state index is 0.322. The Balaban J connectivity index is 0.000000279. The molecule has 0 atom stereocenters. The summed E-state index contributed by atoms with van der Waals surface area (Å²) in [5.74, 6) is -0.338. The zero-order valence-electron chi connectivity index (χ0n) is 12.1. The molecule has 0 unspecified atom stereocenters. The summed E-state index contributed by atoms with van der Waals surface area (Å²) in [6, 6.07) is 17.4. The molecule has 1 saturated heterocycles. The fourth-order valence-electron chi connectivity index (χ4n) is 0.856. The molecule has 0 saturated carbocycles. The summed E-state index contributed by atoms with van der Waals surface area (Å²) in [5, 5.41) is 24.9. The predicted octanol–water partition coefficient (Wildman–Crippen LogP) is 3.06. The molecule has 1 aliphatic heterocycles. The Kier molecular flexibility index (Phi) is 11.5. The van der Waals surface area contributed by atoms with E-state index >= 15 is 0 Å². The maximum Gasteiger partial charge on any atom is 0.327 e. The van der Waals surface area contributed by atoms with Crippen molar-refractivity contribution >= 4 is 5.97 Å². The average molecular weight is 304 g/mol. The minimum Gasteiger partial charge on any atom is -0.508 e. The van der Waals surface area contributed by atoms with E-state index in [0.717, 1.165) is 19.3 Å². The van der Waals surface area contributed by atoms with Gasteiger partial charge in [-0.05, 0) is 24.3 Å². The molecule has 3 N–H and O–H groups in total. The van der Waals surface area contributed by atoms with E-state index in [4.69, 9.17) is 15.3 Å². The van der Waals surface area contributed by atoms with Crippen molar-refractivity contribution in [1.29, 1.82) is 0 Å². The van der Waals surface area contributed by atoms with E-state index in [1.807, 2.05) is 12.1 Å². The van der Waals surface area contributed by atoms with Crippen molar-refractivity contribution in [2.45, 2.75) is 0 Å². The number of hydrogen-bond acceptors (Lipinski definition) is 4. The van der Waals surface area contributed by atoms with Gasteiger partial charge in [0, 0.05) is 6.08 Å². The summed E-state index contributed by atoms with van der Waals surface area (Å²) in [6.45, 7) is 4.96. The van der Waals surface area contributed by atoms with E-state index in [9.17, 15) is 4.79 Å². The number of ether oxygens (including phenoxy) is 1. The molecule has 5 nitrogen and oxygen atoms in total. The third-order valence-corrected chi connectivity index (χ3v) is 1.89. The molecule has 0 amide bonds. The number of hydrogen-bond donors (Lipinski definition) is 3. The highest BCUT2D eigenvalue weighted by Crippen LogP contribution is 2.03. The number of para-hydroxylation sites is 2. The number of rotatable bonds is 1. The maximum absolute atomic E-state index is 9.25. The molecular formula is C17H20O5. The van der Waals surface area contributed by atoms with Crippen LogP contribution in [-0.4, -0.2) is 34.5 Å². The van der Waals surface area contributed by atoms with Crippen molar-refractivity contribution in [2.24, 2.45) is 0 Å². The Bertz CT molecular complexity index is 469. The van der Waals surface area contributed by atoms with E-state index in [2.05, 4.69) is 11.3 Å². The first-order chi connectivity index (χ1) is 10.6. The average Bonchev–Trinajstić information content (AvgIpc) is 3.39. The van der Waals surface area contributed by atoms with Crippen LogP contribution in [0.15, 0.2) is 73.3 Å². The van der Waals surface area contributed by atoms with E-state index in [1.165, 1.54) is 0 Å². The van der Waals surface area contributed by atoms with E-state index < -0.39 is 5.97 Å². The molecule has 1 heterocycles. The summed E-state index contributed by atoms with van der Waals surface area (Å²) in [4.78, 5) is 9.25. The van der Waals surface area contributed by atoms with Gasteiger partial charge < -0.3 is 20.1 Å². The Morgan fingerprint density at radius 3 is 1.27 bits per heavy atom. The molecular weight excluding hydrogens is 284 g/mol. The van der Waals surface area contributed by atoms with Gasteiger partial charge in [0.15, 0.2) is 0 Å². The third-order valence-electron chi connectivity index (χ3n) is 1.89. The van der Waals surface area contributed by atoms with Gasteiger partial charge >= 0.3 is 5.97 Å². The van der Waals surface area contributed by atoms with Crippen LogP contribution in [0, 0.1) is 0 Å². The van der Waals surface area contributed by atoms with Crippen LogP contribution in [0.1, 0.15) is 0 Å². The van der Waals surface area contributed by atoms with E-state index in [1.54, 1.807) is 48.5 Å². The molecule has 2 aromatic carbocycles. The number of carbonyl (C=O) groups is 1. The number of phenolic OH excluding ortho intramolecular Hbond substituents is 2. The first kappa shape index (κ1) is 19.2. The summed E-state index contributed by atoms with van der Waals surface area (Å²) in [6.07, 6.45) is 0.833. The molecule has 118 valence electrons. The fraction of sp³-hybridized carbons (Fsp3) is 0.118. The van der Waals surface area contributed by atoms with Crippen molar-refractivity contribution in [3.05, 3.63) is 73.3 Å². The lowest BCUT2D eigenvalue weighted by Gasteiger charge is -1.82. The normalized spacial score (nSPS) is 10.2. The van der Waals surface area contributed by atoms with Crippen LogP contribution < -0.4 is 0 Å². The smallest absolute Gasteiger partial charge is 0.327 e. The largest absolute Gasteiger partial charge is 0.508 e. The first-order valence-corrected chi connectivity index (χ1v) is 6.47. The lowest BCUT2D eigenvalue weighted by molar-refractivity contribution is -0.131. The number of phenols is 2. The highest BCUT2D eigenvalue weighted by atomic mass is 16.6. The lowest BCUT2D eigenvalue weighted by Crippen LogP contribution is -1.82. The number of carboxylic acid groups (broad SMARTS) is 1. The molecule has 5 heteroatoms. The molecule has 0 radical (unpaired) electrons. The van der Waals surface area contributed by atoms with Gasteiger partial charge in [-0.25, -0.2) is 4.79 Å². The molecule has 0 bridgehead atoms.